The van der Waals surface area contributed by atoms with Gasteiger partial charge in [0.1, 0.15) is 0 Å². The number of rotatable bonds is 3. The van der Waals surface area contributed by atoms with Crippen LogP contribution in [0.5, 0.6) is 0 Å². The highest BCUT2D eigenvalue weighted by Crippen LogP contribution is 2.23. The maximum Gasteiger partial charge on any atom is 0.321 e. The van der Waals surface area contributed by atoms with Gasteiger partial charge in [-0.1, -0.05) is 12.1 Å². The fraction of sp³-hybridized carbons (Fsp3) is 0.400. The molecule has 4 nitrogen and oxygen atoms in total. The topological polar surface area (TPSA) is 35.6 Å². The number of urea groups is 1. The van der Waals surface area contributed by atoms with E-state index in [0.717, 1.165) is 48.4 Å². The third kappa shape index (κ3) is 3.84. The van der Waals surface area contributed by atoms with E-state index in [1.54, 1.807) is 0 Å². The monoisotopic (exact) mass is 337 g/mol. The van der Waals surface area contributed by atoms with E-state index in [0.29, 0.717) is 0 Å². The summed E-state index contributed by atoms with van der Waals surface area (Å²) in [5.74, 6) is 0. The van der Waals surface area contributed by atoms with Crippen molar-refractivity contribution in [2.45, 2.75) is 6.92 Å². The zero-order valence-corrected chi connectivity index (χ0v) is 13.3. The number of amides is 2. The predicted octanol–water partition coefficient (Wildman–Crippen LogP) is 3.09. The average Bonchev–Trinajstić information content (AvgIpc) is 2.43. The number of nitrogens with one attached hydrogen (secondary N) is 1. The van der Waals surface area contributed by atoms with Crippen molar-refractivity contribution in [3.8, 4) is 0 Å². The van der Waals surface area contributed by atoms with E-state index in [4.69, 9.17) is 0 Å². The van der Waals surface area contributed by atoms with Crippen LogP contribution >= 0.6 is 15.9 Å². The Balaban J connectivity index is 1.91. The molecule has 1 aromatic rings. The summed E-state index contributed by atoms with van der Waals surface area (Å²) in [6, 6.07) is 5.87. The van der Waals surface area contributed by atoms with Gasteiger partial charge in [0.15, 0.2) is 0 Å². The molecule has 1 aliphatic heterocycles. The minimum absolute atomic E-state index is 0.0344. The average molecular weight is 338 g/mol. The molecule has 1 fully saturated rings. The van der Waals surface area contributed by atoms with Crippen LogP contribution in [0.15, 0.2) is 35.3 Å². The van der Waals surface area contributed by atoms with E-state index in [-0.39, 0.29) is 6.03 Å². The van der Waals surface area contributed by atoms with Crippen molar-refractivity contribution in [1.82, 2.24) is 9.80 Å². The number of nitrogens with zero attached hydrogens (tertiary/aromatic N) is 2. The Morgan fingerprint density at radius 2 is 2.10 bits per heavy atom. The van der Waals surface area contributed by atoms with E-state index in [2.05, 4.69) is 32.7 Å². The molecule has 0 saturated carbocycles. The van der Waals surface area contributed by atoms with Crippen molar-refractivity contribution in [3.05, 3.63) is 40.9 Å². The smallest absolute Gasteiger partial charge is 0.321 e. The summed E-state index contributed by atoms with van der Waals surface area (Å²) >= 11 is 3.48. The second-order valence-corrected chi connectivity index (χ2v) is 5.84. The summed E-state index contributed by atoms with van der Waals surface area (Å²) in [7, 11) is 0. The van der Waals surface area contributed by atoms with Gasteiger partial charge in [0, 0.05) is 37.2 Å². The van der Waals surface area contributed by atoms with Crippen LogP contribution in [0.3, 0.4) is 0 Å². The zero-order chi connectivity index (χ0) is 14.5. The van der Waals surface area contributed by atoms with Gasteiger partial charge in [0.2, 0.25) is 0 Å². The highest BCUT2D eigenvalue weighted by atomic mass is 79.9. The molecule has 108 valence electrons. The van der Waals surface area contributed by atoms with Gasteiger partial charge in [-0.3, -0.25) is 4.90 Å². The molecule has 1 N–H and O–H groups in total. The molecule has 0 aromatic heterocycles. The number of hydrogen-bond acceptors (Lipinski definition) is 2. The number of hydrogen-bond donors (Lipinski definition) is 1. The van der Waals surface area contributed by atoms with Crippen LogP contribution in [0.2, 0.25) is 0 Å². The van der Waals surface area contributed by atoms with Crippen LogP contribution in [0, 0.1) is 6.92 Å². The van der Waals surface area contributed by atoms with Crippen LogP contribution in [-0.4, -0.2) is 48.6 Å². The molecule has 0 bridgehead atoms. The largest absolute Gasteiger partial charge is 0.322 e. The Bertz CT molecular complexity index is 496. The number of aryl methyl sites for hydroxylation is 1. The highest BCUT2D eigenvalue weighted by Gasteiger charge is 2.20. The summed E-state index contributed by atoms with van der Waals surface area (Å²) in [6.45, 7) is 9.95. The van der Waals surface area contributed by atoms with Gasteiger partial charge in [0.05, 0.1) is 5.69 Å². The summed E-state index contributed by atoms with van der Waals surface area (Å²) in [5.41, 5.74) is 1.97. The second kappa shape index (κ2) is 6.90. The lowest BCUT2D eigenvalue weighted by Gasteiger charge is -2.34. The molecule has 1 aliphatic rings. The first-order valence-electron chi connectivity index (χ1n) is 6.75. The van der Waals surface area contributed by atoms with Gasteiger partial charge < -0.3 is 10.2 Å². The van der Waals surface area contributed by atoms with Crippen molar-refractivity contribution in [3.63, 3.8) is 0 Å². The summed E-state index contributed by atoms with van der Waals surface area (Å²) in [4.78, 5) is 16.4. The zero-order valence-electron chi connectivity index (χ0n) is 11.7. The lowest BCUT2D eigenvalue weighted by atomic mass is 10.2. The van der Waals surface area contributed by atoms with E-state index >= 15 is 0 Å². The minimum Gasteiger partial charge on any atom is -0.322 e. The number of benzene rings is 1. The normalized spacial score (nSPS) is 16.0. The first-order valence-corrected chi connectivity index (χ1v) is 7.55. The molecular formula is C15H20BrN3O. The van der Waals surface area contributed by atoms with Crippen molar-refractivity contribution in [2.24, 2.45) is 0 Å². The van der Waals surface area contributed by atoms with E-state index in [1.165, 1.54) is 0 Å². The van der Waals surface area contributed by atoms with E-state index < -0.39 is 0 Å². The molecule has 1 heterocycles. The van der Waals surface area contributed by atoms with Crippen LogP contribution < -0.4 is 5.32 Å². The molecule has 5 heteroatoms. The van der Waals surface area contributed by atoms with Gasteiger partial charge in [0.25, 0.3) is 0 Å². The maximum absolute atomic E-state index is 12.2. The molecule has 0 aliphatic carbocycles. The Kier molecular flexibility index (Phi) is 5.20. The Morgan fingerprint density at radius 3 is 2.70 bits per heavy atom. The number of halogens is 1. The molecule has 2 amide bonds. The van der Waals surface area contributed by atoms with Crippen LogP contribution in [0.1, 0.15) is 5.56 Å². The standard InChI is InChI=1S/C15H20BrN3O/c1-3-6-18-7-9-19(10-8-18)15(20)17-14-5-4-12(2)11-13(14)16/h3-5,11H,1,6-10H2,2H3,(H,17,20). The fourth-order valence-electron chi connectivity index (χ4n) is 2.23. The molecule has 2 rings (SSSR count). The SMILES string of the molecule is C=CCN1CCN(C(=O)Nc2ccc(C)cc2Br)CC1. The second-order valence-electron chi connectivity index (χ2n) is 4.99. The van der Waals surface area contributed by atoms with Gasteiger partial charge in [-0.25, -0.2) is 4.79 Å². The van der Waals surface area contributed by atoms with Crippen LogP contribution in [-0.2, 0) is 0 Å². The van der Waals surface area contributed by atoms with Gasteiger partial charge in [-0.2, -0.15) is 0 Å². The summed E-state index contributed by atoms with van der Waals surface area (Å²) in [5, 5.41) is 2.96. The Morgan fingerprint density at radius 1 is 1.40 bits per heavy atom. The van der Waals surface area contributed by atoms with E-state index in [9.17, 15) is 4.79 Å². The first kappa shape index (κ1) is 15.1. The number of piperazine rings is 1. The van der Waals surface area contributed by atoms with Gasteiger partial charge >= 0.3 is 6.03 Å². The molecule has 0 spiro atoms. The Hall–Kier alpha value is -1.33. The van der Waals surface area contributed by atoms with Crippen molar-refractivity contribution in [2.75, 3.05) is 38.0 Å². The number of carbonyl (C=O) groups excluding carboxylic acids is 1. The molecule has 0 radical (unpaired) electrons. The number of anilines is 1. The third-order valence-corrected chi connectivity index (χ3v) is 4.07. The summed E-state index contributed by atoms with van der Waals surface area (Å²) in [6.07, 6.45) is 1.90. The third-order valence-electron chi connectivity index (χ3n) is 3.41. The molecule has 0 unspecified atom stereocenters. The maximum atomic E-state index is 12.2. The molecule has 1 aromatic carbocycles. The van der Waals surface area contributed by atoms with Crippen molar-refractivity contribution < 1.29 is 4.79 Å². The molecule has 20 heavy (non-hydrogen) atoms. The highest BCUT2D eigenvalue weighted by molar-refractivity contribution is 9.10. The van der Waals surface area contributed by atoms with E-state index in [1.807, 2.05) is 36.1 Å². The molecular weight excluding hydrogens is 318 g/mol. The quantitative estimate of drug-likeness (QED) is 0.860. The Labute approximate surface area is 128 Å². The number of carbonyl (C=O) groups is 1. The summed E-state index contributed by atoms with van der Waals surface area (Å²) < 4.78 is 0.913. The van der Waals surface area contributed by atoms with Crippen LogP contribution in [0.4, 0.5) is 10.5 Å². The van der Waals surface area contributed by atoms with Crippen molar-refractivity contribution >= 4 is 27.6 Å². The molecule has 0 atom stereocenters. The minimum atomic E-state index is -0.0344. The lowest BCUT2D eigenvalue weighted by Crippen LogP contribution is -2.49. The van der Waals surface area contributed by atoms with Gasteiger partial charge in [-0.05, 0) is 40.5 Å². The lowest BCUT2D eigenvalue weighted by molar-refractivity contribution is 0.156. The van der Waals surface area contributed by atoms with Crippen LogP contribution in [0.25, 0.3) is 0 Å². The fourth-order valence-corrected chi connectivity index (χ4v) is 2.82. The van der Waals surface area contributed by atoms with Crippen molar-refractivity contribution in [1.29, 1.82) is 0 Å². The molecule has 1 saturated heterocycles. The van der Waals surface area contributed by atoms with Gasteiger partial charge in [-0.15, -0.1) is 6.58 Å². The first-order chi connectivity index (χ1) is 9.60. The predicted molar refractivity (Wildman–Crippen MR) is 86.1 cm³/mol.